The molecule has 0 radical (unpaired) electrons. The maximum Gasteiger partial charge on any atom is 0.136 e. The Hall–Kier alpha value is -7.22. The molecule has 1 heterocycles. The summed E-state index contributed by atoms with van der Waals surface area (Å²) in [6.45, 7) is 0. The van der Waals surface area contributed by atoms with Gasteiger partial charge in [-0.25, -0.2) is 0 Å². The van der Waals surface area contributed by atoms with Gasteiger partial charge in [0.2, 0.25) is 0 Å². The molecule has 0 aliphatic heterocycles. The van der Waals surface area contributed by atoms with E-state index in [9.17, 15) is 11.0 Å². The van der Waals surface area contributed by atoms with Crippen molar-refractivity contribution in [1.29, 1.82) is 0 Å². The van der Waals surface area contributed by atoms with E-state index in [0.29, 0.717) is 22.3 Å². The summed E-state index contributed by atoms with van der Waals surface area (Å²) < 4.78 is 171. The lowest BCUT2D eigenvalue weighted by molar-refractivity contribution is 0.669. The topological polar surface area (TPSA) is 13.1 Å². The predicted molar refractivity (Wildman–Crippen MR) is 235 cm³/mol. The second-order valence-corrected chi connectivity index (χ2v) is 13.8. The van der Waals surface area contributed by atoms with E-state index in [1.807, 2.05) is 42.5 Å². The van der Waals surface area contributed by atoms with Crippen LogP contribution < -0.4 is 0 Å². The summed E-state index contributed by atoms with van der Waals surface area (Å²) in [5, 5.41) is 1.70. The highest BCUT2D eigenvalue weighted by Crippen LogP contribution is 2.45. The summed E-state index contributed by atoms with van der Waals surface area (Å²) >= 11 is 0. The maximum atomic E-state index is 9.71. The van der Waals surface area contributed by atoms with Gasteiger partial charge in [-0.3, -0.25) is 0 Å². The van der Waals surface area contributed by atoms with Crippen molar-refractivity contribution >= 4 is 97.3 Å². The molecule has 13 rings (SSSR count). The quantitative estimate of drug-likeness (QED) is 0.166. The van der Waals surface area contributed by atoms with E-state index in [4.69, 9.17) is 18.1 Å². The van der Waals surface area contributed by atoms with Crippen molar-refractivity contribution in [3.05, 3.63) is 182 Å². The van der Waals surface area contributed by atoms with E-state index in [1.165, 1.54) is 6.07 Å². The normalized spacial score (nSPS) is 16.9. The van der Waals surface area contributed by atoms with Crippen molar-refractivity contribution in [3.8, 4) is 33.4 Å². The van der Waals surface area contributed by atoms with Gasteiger partial charge < -0.3 is 4.42 Å². The van der Waals surface area contributed by atoms with Gasteiger partial charge in [0.05, 0.1) is 24.7 Å². The smallest absolute Gasteiger partial charge is 0.136 e. The molecule has 0 spiro atoms. The fraction of sp³-hybridized carbons (Fsp3) is 0. The van der Waals surface area contributed by atoms with Gasteiger partial charge in [0.15, 0.2) is 0 Å². The zero-order valence-corrected chi connectivity index (χ0v) is 28.3. The van der Waals surface area contributed by atoms with Crippen LogP contribution in [0.3, 0.4) is 0 Å². The summed E-state index contributed by atoms with van der Waals surface area (Å²) in [7, 11) is 0. The molecule has 12 aromatic carbocycles. The molecular formula is C54H30O. The molecule has 1 heteroatoms. The lowest BCUT2D eigenvalue weighted by Crippen LogP contribution is -1.91. The van der Waals surface area contributed by atoms with Crippen LogP contribution in [0.15, 0.2) is 186 Å². The van der Waals surface area contributed by atoms with Gasteiger partial charge in [-0.2, -0.15) is 0 Å². The molecule has 55 heavy (non-hydrogen) atoms. The SMILES string of the molecule is [2H]c1c([2H])c2c([2H])c([2H])c3c([2H])c([2H])c(-c4cc(-c5ccc6oc7cc8ccccc8cc7c6c5)cc(-c5c([2H])c([2H])c6c([2H])c([2H])c7c([2H])c([2H])c([2H])c8c([2H])c([2H])c5c6c78)c4)c4c([2H])c([2H])c(c1[2H])c2c34. The second-order valence-electron chi connectivity index (χ2n) is 13.8. The molecule has 1 aromatic heterocycles. The van der Waals surface area contributed by atoms with Gasteiger partial charge in [0.1, 0.15) is 11.2 Å². The van der Waals surface area contributed by atoms with Crippen molar-refractivity contribution in [3.63, 3.8) is 0 Å². The zero-order chi connectivity index (χ0) is 51.4. The number of hydrogen-bond acceptors (Lipinski definition) is 1. The fourth-order valence-corrected chi connectivity index (χ4v) is 8.28. The van der Waals surface area contributed by atoms with Crippen LogP contribution in [0.1, 0.15) is 24.7 Å². The molecule has 252 valence electrons. The minimum Gasteiger partial charge on any atom is -0.456 e. The Morgan fingerprint density at radius 2 is 0.782 bits per heavy atom. The molecule has 1 nitrogen and oxygen atoms in total. The van der Waals surface area contributed by atoms with E-state index < -0.39 is 109 Å². The molecule has 0 aliphatic rings. The summed E-state index contributed by atoms with van der Waals surface area (Å²) in [6.07, 6.45) is 0. The molecule has 0 amide bonds. The average molecular weight is 713 g/mol. The summed E-state index contributed by atoms with van der Waals surface area (Å²) in [5.41, 5.74) is 2.15. The van der Waals surface area contributed by atoms with Crippen LogP contribution >= 0.6 is 0 Å². The third-order valence-corrected chi connectivity index (χ3v) is 10.8. The van der Waals surface area contributed by atoms with Gasteiger partial charge in [-0.1, -0.05) is 139 Å². The largest absolute Gasteiger partial charge is 0.456 e. The van der Waals surface area contributed by atoms with Crippen LogP contribution in [-0.2, 0) is 0 Å². The first-order valence-electron chi connectivity index (χ1n) is 26.6. The maximum absolute atomic E-state index is 9.71. The van der Waals surface area contributed by atoms with Crippen molar-refractivity contribution in [1.82, 2.24) is 0 Å². The summed E-state index contributed by atoms with van der Waals surface area (Å²) in [5.74, 6) is 0. The fourth-order valence-electron chi connectivity index (χ4n) is 8.28. The first-order chi connectivity index (χ1) is 34.7. The molecule has 0 saturated heterocycles. The van der Waals surface area contributed by atoms with Crippen molar-refractivity contribution in [2.24, 2.45) is 0 Å². The molecule has 0 N–H and O–H groups in total. The van der Waals surface area contributed by atoms with Crippen molar-refractivity contribution in [2.75, 3.05) is 0 Å². The molecule has 0 atom stereocenters. The summed E-state index contributed by atoms with van der Waals surface area (Å²) in [6, 6.07) is 12.2. The lowest BCUT2D eigenvalue weighted by Gasteiger charge is -2.18. The van der Waals surface area contributed by atoms with Crippen LogP contribution in [0.2, 0.25) is 0 Å². The summed E-state index contributed by atoms with van der Waals surface area (Å²) in [4.78, 5) is 0. The Labute approximate surface area is 341 Å². The number of fused-ring (bicyclic) bond motifs is 4. The van der Waals surface area contributed by atoms with E-state index in [2.05, 4.69) is 0 Å². The Kier molecular flexibility index (Phi) is 3.36. The Morgan fingerprint density at radius 1 is 0.309 bits per heavy atom. The first kappa shape index (κ1) is 17.3. The molecule has 0 saturated carbocycles. The van der Waals surface area contributed by atoms with Crippen LogP contribution in [0.5, 0.6) is 0 Å². The highest BCUT2D eigenvalue weighted by atomic mass is 16.3. The van der Waals surface area contributed by atoms with E-state index in [1.54, 1.807) is 24.3 Å². The van der Waals surface area contributed by atoms with Crippen LogP contribution in [0.25, 0.3) is 131 Å². The number of rotatable bonds is 3. The number of furan rings is 1. The highest BCUT2D eigenvalue weighted by Gasteiger charge is 2.18. The average Bonchev–Trinajstić information content (AvgIpc) is 3.73. The minimum absolute atomic E-state index is 0.0274. The molecular weight excluding hydrogens is 665 g/mol. The van der Waals surface area contributed by atoms with Gasteiger partial charge >= 0.3 is 0 Å². The predicted octanol–water partition coefficient (Wildman–Crippen LogP) is 15.5. The Bertz CT molecular complexity index is 4500. The van der Waals surface area contributed by atoms with Crippen molar-refractivity contribution in [2.45, 2.75) is 0 Å². The van der Waals surface area contributed by atoms with Gasteiger partial charge in [-0.15, -0.1) is 0 Å². The Morgan fingerprint density at radius 3 is 1.36 bits per heavy atom. The number of benzene rings is 12. The van der Waals surface area contributed by atoms with E-state index in [-0.39, 0.29) is 86.9 Å². The standard InChI is InChI=1S/C54H30O/c1-2-6-38-30-50-48(28-37(38)5-1)47-29-39(19-24-49(47)55-50)40-25-41(43-20-15-35-13-11-31-7-3-9-33-17-22-45(43)53(35)51(31)33)27-42(26-40)44-21-16-36-14-12-32-8-4-10-34-18-23-46(44)54(36)52(32)34/h1-30H/i3D,4D,7D,8D,9D,10D,11D,12D,13D,14D,15D,16D,17D,18D,20D,21D,22D,23D. The zero-order valence-electron chi connectivity index (χ0n) is 46.3. The van der Waals surface area contributed by atoms with Gasteiger partial charge in [0, 0.05) is 10.8 Å². The minimum atomic E-state index is -0.612. The molecule has 13 aromatic rings. The van der Waals surface area contributed by atoms with Gasteiger partial charge in [0.25, 0.3) is 0 Å². The molecule has 0 bridgehead atoms. The first-order valence-corrected chi connectivity index (χ1v) is 17.6. The third-order valence-electron chi connectivity index (χ3n) is 10.8. The van der Waals surface area contributed by atoms with E-state index >= 15 is 0 Å². The van der Waals surface area contributed by atoms with Crippen LogP contribution in [0, 0.1) is 0 Å². The van der Waals surface area contributed by atoms with Crippen LogP contribution in [-0.4, -0.2) is 0 Å². The third kappa shape index (κ3) is 4.13. The van der Waals surface area contributed by atoms with Crippen LogP contribution in [0.4, 0.5) is 0 Å². The number of hydrogen-bond donors (Lipinski definition) is 0. The molecule has 0 aliphatic carbocycles. The molecule has 0 unspecified atom stereocenters. The monoisotopic (exact) mass is 712 g/mol. The Balaban J connectivity index is 1.22. The van der Waals surface area contributed by atoms with E-state index in [0.717, 1.165) is 21.5 Å². The highest BCUT2D eigenvalue weighted by molar-refractivity contribution is 6.27. The second kappa shape index (κ2) is 10.7. The lowest BCUT2D eigenvalue weighted by atomic mass is 9.86. The molecule has 0 fully saturated rings. The van der Waals surface area contributed by atoms with Crippen molar-refractivity contribution < 1.29 is 29.1 Å². The van der Waals surface area contributed by atoms with Gasteiger partial charge in [-0.05, 0) is 151 Å².